The molecule has 0 aliphatic carbocycles. The van der Waals surface area contributed by atoms with E-state index in [2.05, 4.69) is 5.32 Å². The van der Waals surface area contributed by atoms with Crippen LogP contribution in [0.4, 0.5) is 4.39 Å². The molecule has 3 nitrogen and oxygen atoms in total. The Morgan fingerprint density at radius 1 is 1.20 bits per heavy atom. The van der Waals surface area contributed by atoms with Crippen LogP contribution in [0.1, 0.15) is 17.2 Å². The van der Waals surface area contributed by atoms with Crippen molar-refractivity contribution in [3.8, 4) is 5.75 Å². The summed E-state index contributed by atoms with van der Waals surface area (Å²) in [5.41, 5.74) is 1.36. The zero-order valence-electron chi connectivity index (χ0n) is 11.3. The minimum absolute atomic E-state index is 0.290. The molecular weight excluding hydrogens is 257 g/mol. The predicted octanol–water partition coefficient (Wildman–Crippen LogP) is 2.66. The summed E-state index contributed by atoms with van der Waals surface area (Å²) in [4.78, 5) is 0. The first-order valence-electron chi connectivity index (χ1n) is 6.47. The lowest BCUT2D eigenvalue weighted by Crippen LogP contribution is -2.21. The summed E-state index contributed by atoms with van der Waals surface area (Å²) in [7, 11) is 1.62. The van der Waals surface area contributed by atoms with Crippen molar-refractivity contribution in [3.63, 3.8) is 0 Å². The van der Waals surface area contributed by atoms with E-state index < -0.39 is 6.10 Å². The quantitative estimate of drug-likeness (QED) is 0.851. The van der Waals surface area contributed by atoms with Gasteiger partial charge in [0.2, 0.25) is 0 Å². The maximum Gasteiger partial charge on any atom is 0.129 e. The Balaban J connectivity index is 1.88. The van der Waals surface area contributed by atoms with Crippen LogP contribution in [0.5, 0.6) is 5.75 Å². The first-order valence-corrected chi connectivity index (χ1v) is 6.47. The van der Waals surface area contributed by atoms with E-state index in [0.717, 1.165) is 11.3 Å². The molecule has 4 heteroatoms. The molecule has 2 N–H and O–H groups in total. The molecule has 0 aliphatic heterocycles. The largest absolute Gasteiger partial charge is 0.497 e. The number of hydrogen-bond donors (Lipinski definition) is 2. The summed E-state index contributed by atoms with van der Waals surface area (Å²) in [6, 6.07) is 13.9. The number of methoxy groups -OCH3 is 1. The van der Waals surface area contributed by atoms with Crippen LogP contribution in [0.25, 0.3) is 0 Å². The van der Waals surface area contributed by atoms with Crippen LogP contribution in [0.15, 0.2) is 48.5 Å². The standard InChI is InChI=1S/C16H18FNO2/c1-20-13-6-4-5-12(9-13)10-18-11-16(19)14-7-2-3-8-15(14)17/h2-9,16,18-19H,10-11H2,1H3/t16-/m0/s1. The Morgan fingerprint density at radius 2 is 2.00 bits per heavy atom. The van der Waals surface area contributed by atoms with Gasteiger partial charge >= 0.3 is 0 Å². The third-order valence-corrected chi connectivity index (χ3v) is 3.07. The molecule has 2 rings (SSSR count). The zero-order chi connectivity index (χ0) is 14.4. The lowest BCUT2D eigenvalue weighted by atomic mass is 10.1. The van der Waals surface area contributed by atoms with Gasteiger partial charge in [0.15, 0.2) is 0 Å². The van der Waals surface area contributed by atoms with Gasteiger partial charge in [-0.05, 0) is 23.8 Å². The smallest absolute Gasteiger partial charge is 0.129 e. The summed E-state index contributed by atoms with van der Waals surface area (Å²) in [5, 5.41) is 13.1. The highest BCUT2D eigenvalue weighted by Crippen LogP contribution is 2.16. The number of nitrogens with one attached hydrogen (secondary N) is 1. The Labute approximate surface area is 118 Å². The van der Waals surface area contributed by atoms with Crippen molar-refractivity contribution in [2.24, 2.45) is 0 Å². The number of ether oxygens (including phenoxy) is 1. The molecule has 0 unspecified atom stereocenters. The fraction of sp³-hybridized carbons (Fsp3) is 0.250. The molecule has 0 aromatic heterocycles. The van der Waals surface area contributed by atoms with Gasteiger partial charge in [-0.1, -0.05) is 30.3 Å². The fourth-order valence-corrected chi connectivity index (χ4v) is 1.99. The summed E-state index contributed by atoms with van der Waals surface area (Å²) in [5.74, 6) is 0.405. The van der Waals surface area contributed by atoms with E-state index in [1.165, 1.54) is 6.07 Å². The van der Waals surface area contributed by atoms with Crippen molar-refractivity contribution in [1.82, 2.24) is 5.32 Å². The van der Waals surface area contributed by atoms with Crippen molar-refractivity contribution in [2.45, 2.75) is 12.6 Å². The highest BCUT2D eigenvalue weighted by Gasteiger charge is 2.11. The van der Waals surface area contributed by atoms with Crippen LogP contribution in [0, 0.1) is 5.82 Å². The molecule has 0 saturated heterocycles. The van der Waals surface area contributed by atoms with Gasteiger partial charge in [0.25, 0.3) is 0 Å². The van der Waals surface area contributed by atoms with Gasteiger partial charge in [0.1, 0.15) is 11.6 Å². The van der Waals surface area contributed by atoms with Gasteiger partial charge in [-0.2, -0.15) is 0 Å². The summed E-state index contributed by atoms with van der Waals surface area (Å²) in [6.45, 7) is 0.876. The molecule has 0 aliphatic rings. The molecule has 0 fully saturated rings. The molecule has 0 amide bonds. The van der Waals surface area contributed by atoms with Crippen molar-refractivity contribution < 1.29 is 14.2 Å². The normalized spacial score (nSPS) is 12.2. The van der Waals surface area contributed by atoms with E-state index in [4.69, 9.17) is 4.74 Å². The minimum Gasteiger partial charge on any atom is -0.497 e. The van der Waals surface area contributed by atoms with Crippen molar-refractivity contribution in [1.29, 1.82) is 0 Å². The average Bonchev–Trinajstić information content (AvgIpc) is 2.48. The summed E-state index contributed by atoms with van der Waals surface area (Å²) < 4.78 is 18.6. The molecule has 1 atom stereocenters. The summed E-state index contributed by atoms with van der Waals surface area (Å²) >= 11 is 0. The molecule has 0 bridgehead atoms. The Kier molecular flexibility index (Phi) is 5.09. The third kappa shape index (κ3) is 3.79. The van der Waals surface area contributed by atoms with Crippen LogP contribution in [-0.2, 0) is 6.54 Å². The highest BCUT2D eigenvalue weighted by molar-refractivity contribution is 5.28. The molecular formula is C16H18FNO2. The molecule has 2 aromatic rings. The van der Waals surface area contributed by atoms with Gasteiger partial charge in [-0.15, -0.1) is 0 Å². The first-order chi connectivity index (χ1) is 9.70. The topological polar surface area (TPSA) is 41.5 Å². The van der Waals surface area contributed by atoms with Gasteiger partial charge in [0.05, 0.1) is 13.2 Å². The molecule has 0 heterocycles. The van der Waals surface area contributed by atoms with E-state index in [1.54, 1.807) is 25.3 Å². The van der Waals surface area contributed by atoms with Crippen molar-refractivity contribution in [3.05, 3.63) is 65.5 Å². The van der Waals surface area contributed by atoms with Crippen LogP contribution in [0.2, 0.25) is 0 Å². The van der Waals surface area contributed by atoms with E-state index in [1.807, 2.05) is 24.3 Å². The van der Waals surface area contributed by atoms with Gasteiger partial charge in [-0.25, -0.2) is 4.39 Å². The molecule has 20 heavy (non-hydrogen) atoms. The van der Waals surface area contributed by atoms with Crippen LogP contribution in [0.3, 0.4) is 0 Å². The van der Waals surface area contributed by atoms with Crippen LogP contribution in [-0.4, -0.2) is 18.8 Å². The number of benzene rings is 2. The van der Waals surface area contributed by atoms with E-state index >= 15 is 0 Å². The molecule has 0 spiro atoms. The average molecular weight is 275 g/mol. The Hall–Kier alpha value is -1.91. The highest BCUT2D eigenvalue weighted by atomic mass is 19.1. The Morgan fingerprint density at radius 3 is 2.75 bits per heavy atom. The number of halogens is 1. The fourth-order valence-electron chi connectivity index (χ4n) is 1.99. The third-order valence-electron chi connectivity index (χ3n) is 3.07. The lowest BCUT2D eigenvalue weighted by Gasteiger charge is -2.13. The molecule has 2 aromatic carbocycles. The number of aliphatic hydroxyl groups excluding tert-OH is 1. The van der Waals surface area contributed by atoms with Gasteiger partial charge < -0.3 is 15.2 Å². The van der Waals surface area contributed by atoms with Crippen molar-refractivity contribution >= 4 is 0 Å². The van der Waals surface area contributed by atoms with E-state index in [9.17, 15) is 9.50 Å². The number of rotatable bonds is 6. The second-order valence-corrected chi connectivity index (χ2v) is 4.52. The Bertz CT molecular complexity index is 560. The monoisotopic (exact) mass is 275 g/mol. The second kappa shape index (κ2) is 7.03. The van der Waals surface area contributed by atoms with Gasteiger partial charge in [0, 0.05) is 18.7 Å². The zero-order valence-corrected chi connectivity index (χ0v) is 11.3. The maximum atomic E-state index is 13.5. The molecule has 106 valence electrons. The van der Waals surface area contributed by atoms with E-state index in [-0.39, 0.29) is 12.4 Å². The second-order valence-electron chi connectivity index (χ2n) is 4.52. The molecule has 0 radical (unpaired) electrons. The number of aliphatic hydroxyl groups is 1. The maximum absolute atomic E-state index is 13.5. The van der Waals surface area contributed by atoms with Crippen LogP contribution < -0.4 is 10.1 Å². The molecule has 0 saturated carbocycles. The lowest BCUT2D eigenvalue weighted by molar-refractivity contribution is 0.169. The SMILES string of the molecule is COc1cccc(CNC[C@H](O)c2ccccc2F)c1. The van der Waals surface area contributed by atoms with E-state index in [0.29, 0.717) is 12.1 Å². The van der Waals surface area contributed by atoms with Crippen molar-refractivity contribution in [2.75, 3.05) is 13.7 Å². The van der Waals surface area contributed by atoms with Gasteiger partial charge in [-0.3, -0.25) is 0 Å². The predicted molar refractivity (Wildman–Crippen MR) is 76.1 cm³/mol. The number of hydrogen-bond acceptors (Lipinski definition) is 3. The minimum atomic E-state index is -0.859. The summed E-state index contributed by atoms with van der Waals surface area (Å²) in [6.07, 6.45) is -0.859. The first kappa shape index (κ1) is 14.5. The van der Waals surface area contributed by atoms with Crippen LogP contribution >= 0.6 is 0 Å².